The summed E-state index contributed by atoms with van der Waals surface area (Å²) in [5, 5.41) is 3.40. The molecule has 4 rings (SSSR count). The van der Waals surface area contributed by atoms with Gasteiger partial charge >= 0.3 is 6.03 Å². The van der Waals surface area contributed by atoms with Gasteiger partial charge in [0, 0.05) is 42.8 Å². The summed E-state index contributed by atoms with van der Waals surface area (Å²) in [6, 6.07) is 9.87. The number of Topliss-reactive ketones (excluding diaryl/α,β-unsaturated/α-hetero) is 2. The molecule has 0 bridgehead atoms. The van der Waals surface area contributed by atoms with E-state index in [1.54, 1.807) is 36.2 Å². The number of aryl methyl sites for hydroxylation is 1. The zero-order chi connectivity index (χ0) is 23.0. The first-order valence-electron chi connectivity index (χ1n) is 10.5. The van der Waals surface area contributed by atoms with E-state index in [2.05, 4.69) is 5.32 Å². The molecule has 1 unspecified atom stereocenters. The lowest BCUT2D eigenvalue weighted by Gasteiger charge is -2.29. The Hall–Kier alpha value is -3.19. The maximum Gasteiger partial charge on any atom is 0.321 e. The molecule has 0 saturated heterocycles. The summed E-state index contributed by atoms with van der Waals surface area (Å²) in [6.07, 6.45) is 0.576. The Labute approximate surface area is 191 Å². The van der Waals surface area contributed by atoms with Crippen LogP contribution >= 0.6 is 11.6 Å². The number of anilines is 1. The Morgan fingerprint density at radius 2 is 2.00 bits per heavy atom. The number of carbonyl (C=O) groups excluding carboxylic acids is 4. The molecule has 2 aromatic carbocycles. The predicted molar refractivity (Wildman–Crippen MR) is 121 cm³/mol. The molecule has 2 aliphatic rings. The van der Waals surface area contributed by atoms with Gasteiger partial charge in [-0.05, 0) is 48.2 Å². The minimum absolute atomic E-state index is 0.0707. The van der Waals surface area contributed by atoms with Crippen molar-refractivity contribution in [1.29, 1.82) is 0 Å². The number of halogens is 1. The summed E-state index contributed by atoms with van der Waals surface area (Å²) in [7, 11) is 1.68. The fourth-order valence-electron chi connectivity index (χ4n) is 4.22. The third-order valence-corrected chi connectivity index (χ3v) is 6.49. The van der Waals surface area contributed by atoms with Gasteiger partial charge in [-0.15, -0.1) is 0 Å². The Kier molecular flexibility index (Phi) is 6.02. The number of urea groups is 1. The number of fused-ring (bicyclic) bond motifs is 1. The summed E-state index contributed by atoms with van der Waals surface area (Å²) in [5.74, 6) is -0.466. The summed E-state index contributed by atoms with van der Waals surface area (Å²) in [4.78, 5) is 52.7. The van der Waals surface area contributed by atoms with Crippen LogP contribution in [0.15, 0.2) is 36.4 Å². The quantitative estimate of drug-likeness (QED) is 0.710. The monoisotopic (exact) mass is 453 g/mol. The average Bonchev–Trinajstić information content (AvgIpc) is 3.08. The highest BCUT2D eigenvalue weighted by molar-refractivity contribution is 6.31. The summed E-state index contributed by atoms with van der Waals surface area (Å²) < 4.78 is 0. The number of ketones is 2. The zero-order valence-electron chi connectivity index (χ0n) is 18.0. The summed E-state index contributed by atoms with van der Waals surface area (Å²) >= 11 is 6.14. The topological polar surface area (TPSA) is 86.8 Å². The van der Waals surface area contributed by atoms with Gasteiger partial charge in [0.2, 0.25) is 0 Å². The highest BCUT2D eigenvalue weighted by Gasteiger charge is 2.39. The van der Waals surface area contributed by atoms with Crippen LogP contribution in [0.4, 0.5) is 10.5 Å². The highest BCUT2D eigenvalue weighted by Crippen LogP contribution is 2.31. The molecule has 1 fully saturated rings. The SMILES string of the molecule is Cc1ccc(NC(=O)N(C)Cc2cccc3c2CN(C2CCC(=O)CC2=O)C3=O)cc1Cl. The molecule has 1 saturated carbocycles. The lowest BCUT2D eigenvalue weighted by atomic mass is 9.92. The second-order valence-electron chi connectivity index (χ2n) is 8.36. The van der Waals surface area contributed by atoms with E-state index in [0.29, 0.717) is 42.2 Å². The summed E-state index contributed by atoms with van der Waals surface area (Å²) in [6.45, 7) is 2.49. The molecule has 0 aromatic heterocycles. The Balaban J connectivity index is 1.48. The van der Waals surface area contributed by atoms with Crippen molar-refractivity contribution >= 4 is 40.8 Å². The van der Waals surface area contributed by atoms with Gasteiger partial charge in [-0.25, -0.2) is 4.79 Å². The second-order valence-corrected chi connectivity index (χ2v) is 8.77. The minimum atomic E-state index is -0.562. The predicted octanol–water partition coefficient (Wildman–Crippen LogP) is 3.96. The number of hydrogen-bond acceptors (Lipinski definition) is 4. The second kappa shape index (κ2) is 8.74. The number of carbonyl (C=O) groups is 4. The first-order valence-corrected chi connectivity index (χ1v) is 10.9. The van der Waals surface area contributed by atoms with Crippen molar-refractivity contribution in [2.45, 2.75) is 45.3 Å². The lowest BCUT2D eigenvalue weighted by Crippen LogP contribution is -2.44. The van der Waals surface area contributed by atoms with E-state index < -0.39 is 6.04 Å². The molecule has 166 valence electrons. The largest absolute Gasteiger partial charge is 0.324 e. The zero-order valence-corrected chi connectivity index (χ0v) is 18.7. The van der Waals surface area contributed by atoms with Gasteiger partial charge < -0.3 is 15.1 Å². The molecule has 3 amide bonds. The first kappa shape index (κ1) is 22.0. The molecule has 1 aliphatic heterocycles. The van der Waals surface area contributed by atoms with Crippen molar-refractivity contribution in [2.75, 3.05) is 12.4 Å². The van der Waals surface area contributed by atoms with Crippen LogP contribution in [0.5, 0.6) is 0 Å². The Morgan fingerprint density at radius 1 is 1.22 bits per heavy atom. The van der Waals surface area contributed by atoms with Crippen molar-refractivity contribution in [1.82, 2.24) is 9.80 Å². The molecular formula is C24H24ClN3O4. The smallest absolute Gasteiger partial charge is 0.321 e. The fraction of sp³-hybridized carbons (Fsp3) is 0.333. The van der Waals surface area contributed by atoms with Gasteiger partial charge in [0.1, 0.15) is 5.78 Å². The van der Waals surface area contributed by atoms with E-state index in [9.17, 15) is 19.2 Å². The molecular weight excluding hydrogens is 430 g/mol. The van der Waals surface area contributed by atoms with Gasteiger partial charge in [-0.1, -0.05) is 29.8 Å². The minimum Gasteiger partial charge on any atom is -0.324 e. The molecule has 1 heterocycles. The van der Waals surface area contributed by atoms with Gasteiger partial charge in [-0.2, -0.15) is 0 Å². The van der Waals surface area contributed by atoms with Crippen LogP contribution in [-0.2, 0) is 22.7 Å². The third kappa shape index (κ3) is 4.25. The molecule has 8 heteroatoms. The molecule has 1 atom stereocenters. The van der Waals surface area contributed by atoms with E-state index in [4.69, 9.17) is 11.6 Å². The van der Waals surface area contributed by atoms with Crippen LogP contribution in [0.1, 0.15) is 46.3 Å². The number of nitrogens with zero attached hydrogens (tertiary/aromatic N) is 2. The third-order valence-electron chi connectivity index (χ3n) is 6.09. The van der Waals surface area contributed by atoms with Crippen molar-refractivity contribution < 1.29 is 19.2 Å². The highest BCUT2D eigenvalue weighted by atomic mass is 35.5. The molecule has 32 heavy (non-hydrogen) atoms. The normalized spacial score (nSPS) is 18.0. The van der Waals surface area contributed by atoms with Crippen molar-refractivity contribution in [3.8, 4) is 0 Å². The lowest BCUT2D eigenvalue weighted by molar-refractivity contribution is -0.133. The molecule has 0 radical (unpaired) electrons. The van der Waals surface area contributed by atoms with Gasteiger partial charge in [0.25, 0.3) is 5.91 Å². The number of rotatable bonds is 4. The molecule has 2 aromatic rings. The van der Waals surface area contributed by atoms with Crippen molar-refractivity contribution in [2.24, 2.45) is 0 Å². The molecule has 0 spiro atoms. The van der Waals surface area contributed by atoms with E-state index >= 15 is 0 Å². The Morgan fingerprint density at radius 3 is 2.72 bits per heavy atom. The van der Waals surface area contributed by atoms with Gasteiger partial charge in [0.05, 0.1) is 12.5 Å². The van der Waals surface area contributed by atoms with Crippen LogP contribution in [0, 0.1) is 6.92 Å². The van der Waals surface area contributed by atoms with E-state index in [1.807, 2.05) is 19.1 Å². The van der Waals surface area contributed by atoms with Gasteiger partial charge in [0.15, 0.2) is 5.78 Å². The fourth-order valence-corrected chi connectivity index (χ4v) is 4.40. The number of benzene rings is 2. The van der Waals surface area contributed by atoms with Crippen LogP contribution < -0.4 is 5.32 Å². The van der Waals surface area contributed by atoms with Crippen LogP contribution in [0.25, 0.3) is 0 Å². The van der Waals surface area contributed by atoms with Crippen molar-refractivity contribution in [3.63, 3.8) is 0 Å². The molecule has 1 aliphatic carbocycles. The summed E-state index contributed by atoms with van der Waals surface area (Å²) in [5.41, 5.74) is 3.74. The maximum absolute atomic E-state index is 13.0. The maximum atomic E-state index is 13.0. The van der Waals surface area contributed by atoms with E-state index in [1.165, 1.54) is 4.90 Å². The number of nitrogens with one attached hydrogen (secondary N) is 1. The number of amides is 3. The van der Waals surface area contributed by atoms with Crippen molar-refractivity contribution in [3.05, 3.63) is 63.7 Å². The Bertz CT molecular complexity index is 1130. The average molecular weight is 454 g/mol. The molecule has 1 N–H and O–H groups in total. The van der Waals surface area contributed by atoms with Crippen LogP contribution in [0.3, 0.4) is 0 Å². The molecule has 7 nitrogen and oxygen atoms in total. The van der Waals surface area contributed by atoms with Crippen LogP contribution in [-0.4, -0.2) is 46.4 Å². The van der Waals surface area contributed by atoms with E-state index in [-0.39, 0.29) is 29.9 Å². The van der Waals surface area contributed by atoms with Gasteiger partial charge in [-0.3, -0.25) is 14.4 Å². The number of hydrogen-bond donors (Lipinski definition) is 1. The first-order chi connectivity index (χ1) is 15.2. The standard InChI is InChI=1S/C24H24ClN3O4/c1-14-6-7-16(10-20(14)25)26-24(32)27(2)12-15-4-3-5-18-19(15)13-28(23(18)31)21-9-8-17(29)11-22(21)30/h3-7,10,21H,8-9,11-13H2,1-2H3,(H,26,32). The van der Waals surface area contributed by atoms with Crippen LogP contribution in [0.2, 0.25) is 5.02 Å². The van der Waals surface area contributed by atoms with E-state index in [0.717, 1.165) is 16.7 Å².